The molecule has 0 amide bonds. The fraction of sp³-hybridized carbons (Fsp3) is 0.208. The van der Waals surface area contributed by atoms with Gasteiger partial charge in [-0.25, -0.2) is 13.8 Å². The number of rotatable bonds is 10. The molecule has 1 heterocycles. The van der Waals surface area contributed by atoms with Gasteiger partial charge in [-0.1, -0.05) is 17.7 Å². The summed E-state index contributed by atoms with van der Waals surface area (Å²) in [5, 5.41) is 5.68. The summed E-state index contributed by atoms with van der Waals surface area (Å²) in [6, 6.07) is 10.9. The zero-order chi connectivity index (χ0) is 23.8. The molecule has 2 aromatic carbocycles. The molecule has 0 aliphatic carbocycles. The van der Waals surface area contributed by atoms with E-state index in [1.165, 1.54) is 25.3 Å². The van der Waals surface area contributed by atoms with E-state index in [1.807, 2.05) is 13.8 Å². The van der Waals surface area contributed by atoms with Gasteiger partial charge in [-0.05, 0) is 44.2 Å². The topological polar surface area (TPSA) is 85.4 Å². The van der Waals surface area contributed by atoms with Crippen molar-refractivity contribution in [3.63, 3.8) is 0 Å². The third kappa shape index (κ3) is 6.81. The molecule has 0 aliphatic rings. The van der Waals surface area contributed by atoms with E-state index in [0.717, 1.165) is 11.8 Å². The van der Waals surface area contributed by atoms with E-state index in [9.17, 15) is 13.6 Å². The summed E-state index contributed by atoms with van der Waals surface area (Å²) in [6.07, 6.45) is 2.52. The summed E-state index contributed by atoms with van der Waals surface area (Å²) < 4.78 is 38.7. The molecule has 0 saturated carbocycles. The van der Waals surface area contributed by atoms with Crippen molar-refractivity contribution in [3.8, 4) is 5.75 Å². The second-order valence-corrected chi connectivity index (χ2v) is 7.29. The first-order valence-corrected chi connectivity index (χ1v) is 10.1. The third-order valence-corrected chi connectivity index (χ3v) is 4.31. The number of nitrogens with one attached hydrogen (secondary N) is 2. The monoisotopic (exact) mass is 454 g/mol. The molecule has 0 saturated heterocycles. The highest BCUT2D eigenvalue weighted by atomic mass is 19.1. The highest BCUT2D eigenvalue weighted by Crippen LogP contribution is 2.25. The van der Waals surface area contributed by atoms with Crippen LogP contribution in [0.4, 0.5) is 31.9 Å². The Bertz CT molecular complexity index is 1160. The maximum atomic E-state index is 14.3. The maximum Gasteiger partial charge on any atom is 0.229 e. The lowest BCUT2D eigenvalue weighted by Gasteiger charge is -2.11. The van der Waals surface area contributed by atoms with Crippen LogP contribution in [0.1, 0.15) is 24.2 Å². The minimum Gasteiger partial charge on any atom is -0.488 e. The molecule has 0 unspecified atom stereocenters. The summed E-state index contributed by atoms with van der Waals surface area (Å²) in [7, 11) is 1.53. The molecule has 33 heavy (non-hydrogen) atoms. The number of anilines is 4. The molecular weight excluding hydrogens is 430 g/mol. The number of aromatic nitrogens is 2. The number of carbonyl (C=O) groups excluding carboxylic acids is 1. The summed E-state index contributed by atoms with van der Waals surface area (Å²) in [5.74, 6) is -1.37. The van der Waals surface area contributed by atoms with Gasteiger partial charge in [0.1, 0.15) is 6.61 Å². The first kappa shape index (κ1) is 23.8. The lowest BCUT2D eigenvalue weighted by Crippen LogP contribution is -2.06. The van der Waals surface area contributed by atoms with E-state index in [1.54, 1.807) is 30.3 Å². The van der Waals surface area contributed by atoms with E-state index >= 15 is 0 Å². The molecule has 9 heteroatoms. The molecule has 3 aromatic rings. The fourth-order valence-electron chi connectivity index (χ4n) is 2.81. The van der Waals surface area contributed by atoms with Crippen LogP contribution in [-0.4, -0.2) is 36.1 Å². The van der Waals surface area contributed by atoms with Crippen LogP contribution in [0.5, 0.6) is 5.75 Å². The normalized spacial score (nSPS) is 10.5. The Morgan fingerprint density at radius 1 is 1.03 bits per heavy atom. The molecule has 0 atom stereocenters. The Morgan fingerprint density at radius 2 is 1.82 bits per heavy atom. The number of benzene rings is 2. The van der Waals surface area contributed by atoms with E-state index in [-0.39, 0.29) is 29.9 Å². The summed E-state index contributed by atoms with van der Waals surface area (Å²) in [4.78, 5) is 20.3. The van der Waals surface area contributed by atoms with Crippen molar-refractivity contribution in [2.24, 2.45) is 0 Å². The van der Waals surface area contributed by atoms with Crippen LogP contribution in [0, 0.1) is 11.6 Å². The quantitative estimate of drug-likeness (QED) is 0.240. The number of halogens is 2. The standard InChI is InChI=1S/C24H24F2N4O3/c1-15(2)11-21(31)16-5-4-6-17(12-16)28-23-20(26)14-27-24(30-23)29-18-7-8-22(19(25)13-18)33-10-9-32-3/h4-8,11-14H,9-10H2,1-3H3,(H2,27,28,29,30). The molecule has 172 valence electrons. The number of hydrogen-bond acceptors (Lipinski definition) is 7. The molecule has 0 radical (unpaired) electrons. The van der Waals surface area contributed by atoms with Crippen LogP contribution in [0.25, 0.3) is 0 Å². The van der Waals surface area contributed by atoms with E-state index < -0.39 is 11.6 Å². The van der Waals surface area contributed by atoms with Crippen LogP contribution in [0.15, 0.2) is 60.3 Å². The maximum absolute atomic E-state index is 14.3. The van der Waals surface area contributed by atoms with Gasteiger partial charge in [0.15, 0.2) is 29.0 Å². The summed E-state index contributed by atoms with van der Waals surface area (Å²) >= 11 is 0. The van der Waals surface area contributed by atoms with Crippen molar-refractivity contribution in [1.82, 2.24) is 9.97 Å². The molecule has 3 rings (SSSR count). The van der Waals surface area contributed by atoms with Gasteiger partial charge >= 0.3 is 0 Å². The number of carbonyl (C=O) groups is 1. The van der Waals surface area contributed by atoms with Gasteiger partial charge < -0.3 is 20.1 Å². The van der Waals surface area contributed by atoms with Crippen LogP contribution in [-0.2, 0) is 4.74 Å². The largest absolute Gasteiger partial charge is 0.488 e. The number of nitrogens with zero attached hydrogens (tertiary/aromatic N) is 2. The molecule has 0 bridgehead atoms. The van der Waals surface area contributed by atoms with Crippen molar-refractivity contribution < 1.29 is 23.0 Å². The molecule has 0 spiro atoms. The smallest absolute Gasteiger partial charge is 0.229 e. The van der Waals surface area contributed by atoms with Gasteiger partial charge in [-0.2, -0.15) is 4.98 Å². The summed E-state index contributed by atoms with van der Waals surface area (Å²) in [5.41, 5.74) is 2.17. The SMILES string of the molecule is COCCOc1ccc(Nc2ncc(F)c(Nc3cccc(C(=O)C=C(C)C)c3)n2)cc1F. The Balaban J connectivity index is 1.75. The minimum absolute atomic E-state index is 0.0584. The van der Waals surface area contributed by atoms with E-state index in [0.29, 0.717) is 23.5 Å². The lowest BCUT2D eigenvalue weighted by atomic mass is 10.1. The average Bonchev–Trinajstić information content (AvgIpc) is 2.77. The molecular formula is C24H24F2N4O3. The Morgan fingerprint density at radius 3 is 2.55 bits per heavy atom. The van der Waals surface area contributed by atoms with Gasteiger partial charge in [0.2, 0.25) is 5.95 Å². The lowest BCUT2D eigenvalue weighted by molar-refractivity contribution is 0.104. The summed E-state index contributed by atoms with van der Waals surface area (Å²) in [6.45, 7) is 4.22. The Labute approximate surface area is 190 Å². The van der Waals surface area contributed by atoms with Crippen molar-refractivity contribution in [2.75, 3.05) is 31.0 Å². The van der Waals surface area contributed by atoms with Crippen molar-refractivity contribution in [2.45, 2.75) is 13.8 Å². The van der Waals surface area contributed by atoms with Crippen molar-refractivity contribution >= 4 is 28.9 Å². The molecule has 1 aromatic heterocycles. The van der Waals surface area contributed by atoms with Gasteiger partial charge in [0.05, 0.1) is 12.8 Å². The molecule has 2 N–H and O–H groups in total. The molecule has 0 aliphatic heterocycles. The number of ketones is 1. The van der Waals surface area contributed by atoms with Gasteiger partial charge in [-0.15, -0.1) is 0 Å². The van der Waals surface area contributed by atoms with Crippen LogP contribution in [0.3, 0.4) is 0 Å². The first-order valence-electron chi connectivity index (χ1n) is 10.1. The van der Waals surface area contributed by atoms with Gasteiger partial charge in [0.25, 0.3) is 0 Å². The predicted octanol–water partition coefficient (Wildman–Crippen LogP) is 5.42. The zero-order valence-electron chi connectivity index (χ0n) is 18.5. The predicted molar refractivity (Wildman–Crippen MR) is 123 cm³/mol. The number of ether oxygens (including phenoxy) is 2. The van der Waals surface area contributed by atoms with Crippen LogP contribution >= 0.6 is 0 Å². The number of hydrogen-bond donors (Lipinski definition) is 2. The molecule has 7 nitrogen and oxygen atoms in total. The van der Waals surface area contributed by atoms with Crippen molar-refractivity contribution in [3.05, 3.63) is 77.5 Å². The second kappa shape index (κ2) is 11.1. The van der Waals surface area contributed by atoms with E-state index in [2.05, 4.69) is 20.6 Å². The van der Waals surface area contributed by atoms with E-state index in [4.69, 9.17) is 9.47 Å². The number of methoxy groups -OCH3 is 1. The highest BCUT2D eigenvalue weighted by molar-refractivity contribution is 6.05. The Kier molecular flexibility index (Phi) is 8.04. The van der Waals surface area contributed by atoms with Gasteiger partial charge in [-0.3, -0.25) is 4.79 Å². The molecule has 0 fully saturated rings. The van der Waals surface area contributed by atoms with Crippen LogP contribution < -0.4 is 15.4 Å². The minimum atomic E-state index is -0.686. The third-order valence-electron chi connectivity index (χ3n) is 4.31. The Hall–Kier alpha value is -3.85. The zero-order valence-corrected chi connectivity index (χ0v) is 18.5. The van der Waals surface area contributed by atoms with Crippen LogP contribution in [0.2, 0.25) is 0 Å². The number of allylic oxidation sites excluding steroid dienone is 2. The highest BCUT2D eigenvalue weighted by Gasteiger charge is 2.11. The van der Waals surface area contributed by atoms with Crippen molar-refractivity contribution in [1.29, 1.82) is 0 Å². The fourth-order valence-corrected chi connectivity index (χ4v) is 2.81. The second-order valence-electron chi connectivity index (χ2n) is 7.29. The first-order chi connectivity index (χ1) is 15.9. The average molecular weight is 454 g/mol. The van der Waals surface area contributed by atoms with Gasteiger partial charge in [0, 0.05) is 30.1 Å².